The highest BCUT2D eigenvalue weighted by molar-refractivity contribution is 4.78. The molecule has 0 aromatic rings. The van der Waals surface area contributed by atoms with Crippen molar-refractivity contribution in [3.8, 4) is 0 Å². The molecule has 0 unspecified atom stereocenters. The molecule has 2 rings (SSSR count). The Morgan fingerprint density at radius 1 is 0.750 bits per heavy atom. The molecule has 0 aromatic heterocycles. The number of hydrogen-bond donors (Lipinski definition) is 0. The topological polar surface area (TPSA) is 36.9 Å². The summed E-state index contributed by atoms with van der Waals surface area (Å²) in [6.45, 7) is 7.58. The minimum atomic E-state index is -0.0368. The highest BCUT2D eigenvalue weighted by Crippen LogP contribution is 2.23. The molecule has 140 valence electrons. The van der Waals surface area contributed by atoms with Gasteiger partial charge >= 0.3 is 0 Å². The maximum absolute atomic E-state index is 5.87. The van der Waals surface area contributed by atoms with Crippen LogP contribution in [0.15, 0.2) is 12.2 Å². The standard InChI is InChI=1S/C20H36O4/c1-3-5-7-9-17-13-23-20(24-14-17)12-11-18-15-21-19(22-16-18)10-8-6-4-2/h3,5,17-20H,4,6-16H2,1-2H3/b5-3+. The molecular weight excluding hydrogens is 304 g/mol. The van der Waals surface area contributed by atoms with E-state index in [1.165, 1.54) is 19.3 Å². The molecule has 0 atom stereocenters. The van der Waals surface area contributed by atoms with Gasteiger partial charge in [0.1, 0.15) is 0 Å². The molecule has 4 nitrogen and oxygen atoms in total. The van der Waals surface area contributed by atoms with E-state index >= 15 is 0 Å². The van der Waals surface area contributed by atoms with Gasteiger partial charge < -0.3 is 18.9 Å². The monoisotopic (exact) mass is 340 g/mol. The van der Waals surface area contributed by atoms with Gasteiger partial charge in [-0.15, -0.1) is 0 Å². The van der Waals surface area contributed by atoms with Gasteiger partial charge in [0.15, 0.2) is 12.6 Å². The average Bonchev–Trinajstić information content (AvgIpc) is 2.63. The SMILES string of the molecule is C/C=C/CCC1COC(CCC2COC(CCCCC)OC2)OC1. The highest BCUT2D eigenvalue weighted by atomic mass is 16.7. The quantitative estimate of drug-likeness (QED) is 0.427. The predicted molar refractivity (Wildman–Crippen MR) is 95.8 cm³/mol. The zero-order chi connectivity index (χ0) is 17.0. The van der Waals surface area contributed by atoms with Crippen LogP contribution in [0, 0.1) is 11.8 Å². The van der Waals surface area contributed by atoms with Crippen molar-refractivity contribution in [2.24, 2.45) is 11.8 Å². The second kappa shape index (κ2) is 12.0. The fraction of sp³-hybridized carbons (Fsp3) is 0.900. The van der Waals surface area contributed by atoms with Crippen molar-refractivity contribution in [1.82, 2.24) is 0 Å². The van der Waals surface area contributed by atoms with Crippen molar-refractivity contribution >= 4 is 0 Å². The van der Waals surface area contributed by atoms with Crippen molar-refractivity contribution in [3.05, 3.63) is 12.2 Å². The lowest BCUT2D eigenvalue weighted by Crippen LogP contribution is -2.35. The minimum absolute atomic E-state index is 0.0212. The third kappa shape index (κ3) is 7.64. The number of hydrogen-bond acceptors (Lipinski definition) is 4. The Hall–Kier alpha value is -0.420. The molecule has 2 saturated heterocycles. The molecule has 0 radical (unpaired) electrons. The van der Waals surface area contributed by atoms with E-state index < -0.39 is 0 Å². The van der Waals surface area contributed by atoms with Gasteiger partial charge in [-0.05, 0) is 45.4 Å². The first-order chi connectivity index (χ1) is 11.8. The second-order valence-corrected chi connectivity index (χ2v) is 7.14. The Kier molecular flexibility index (Phi) is 9.96. The summed E-state index contributed by atoms with van der Waals surface area (Å²) in [7, 11) is 0. The second-order valence-electron chi connectivity index (χ2n) is 7.14. The largest absolute Gasteiger partial charge is 0.352 e. The molecule has 0 amide bonds. The van der Waals surface area contributed by atoms with E-state index in [1.807, 2.05) is 0 Å². The highest BCUT2D eigenvalue weighted by Gasteiger charge is 2.25. The van der Waals surface area contributed by atoms with Gasteiger partial charge in [-0.3, -0.25) is 0 Å². The molecule has 0 aliphatic carbocycles. The lowest BCUT2D eigenvalue weighted by atomic mass is 10.0. The maximum atomic E-state index is 5.87. The van der Waals surface area contributed by atoms with E-state index in [0.29, 0.717) is 11.8 Å². The molecule has 2 heterocycles. The molecule has 24 heavy (non-hydrogen) atoms. The molecule has 2 fully saturated rings. The Labute approximate surface area is 147 Å². The molecule has 0 spiro atoms. The van der Waals surface area contributed by atoms with E-state index in [0.717, 1.165) is 58.5 Å². The Morgan fingerprint density at radius 2 is 1.33 bits per heavy atom. The predicted octanol–water partition coefficient (Wildman–Crippen LogP) is 4.68. The van der Waals surface area contributed by atoms with Gasteiger partial charge in [0.05, 0.1) is 26.4 Å². The smallest absolute Gasteiger partial charge is 0.157 e. The third-order valence-corrected chi connectivity index (χ3v) is 4.90. The fourth-order valence-electron chi connectivity index (χ4n) is 3.26. The van der Waals surface area contributed by atoms with Gasteiger partial charge in [-0.1, -0.05) is 31.9 Å². The lowest BCUT2D eigenvalue weighted by Gasteiger charge is -2.32. The molecule has 0 bridgehead atoms. The molecule has 0 N–H and O–H groups in total. The van der Waals surface area contributed by atoms with Crippen molar-refractivity contribution < 1.29 is 18.9 Å². The van der Waals surface area contributed by atoms with E-state index in [-0.39, 0.29) is 12.6 Å². The van der Waals surface area contributed by atoms with Gasteiger partial charge in [0, 0.05) is 11.8 Å². The van der Waals surface area contributed by atoms with Crippen LogP contribution in [0.4, 0.5) is 0 Å². The molecule has 2 aliphatic rings. The van der Waals surface area contributed by atoms with Crippen molar-refractivity contribution in [1.29, 1.82) is 0 Å². The van der Waals surface area contributed by atoms with Crippen LogP contribution >= 0.6 is 0 Å². The van der Waals surface area contributed by atoms with E-state index in [1.54, 1.807) is 0 Å². The summed E-state index contributed by atoms with van der Waals surface area (Å²) in [5, 5.41) is 0. The van der Waals surface area contributed by atoms with Gasteiger partial charge in [-0.25, -0.2) is 0 Å². The fourth-order valence-corrected chi connectivity index (χ4v) is 3.26. The molecule has 2 aliphatic heterocycles. The molecule has 0 saturated carbocycles. The third-order valence-electron chi connectivity index (χ3n) is 4.90. The Bertz CT molecular complexity index is 329. The first-order valence-corrected chi connectivity index (χ1v) is 9.89. The van der Waals surface area contributed by atoms with Crippen LogP contribution in [0.2, 0.25) is 0 Å². The van der Waals surface area contributed by atoms with Gasteiger partial charge in [0.25, 0.3) is 0 Å². The summed E-state index contributed by atoms with van der Waals surface area (Å²) in [5.41, 5.74) is 0. The van der Waals surface area contributed by atoms with Crippen LogP contribution in [0.25, 0.3) is 0 Å². The van der Waals surface area contributed by atoms with Crippen LogP contribution in [0.3, 0.4) is 0 Å². The Balaban J connectivity index is 1.51. The summed E-state index contributed by atoms with van der Waals surface area (Å²) in [6.07, 6.45) is 13.3. The van der Waals surface area contributed by atoms with E-state index in [9.17, 15) is 0 Å². The van der Waals surface area contributed by atoms with Crippen LogP contribution in [-0.2, 0) is 18.9 Å². The van der Waals surface area contributed by atoms with Crippen molar-refractivity contribution in [3.63, 3.8) is 0 Å². The normalized spacial score (nSPS) is 31.6. The van der Waals surface area contributed by atoms with Crippen molar-refractivity contribution in [2.75, 3.05) is 26.4 Å². The maximum Gasteiger partial charge on any atom is 0.157 e. The number of ether oxygens (including phenoxy) is 4. The average molecular weight is 341 g/mol. The minimum Gasteiger partial charge on any atom is -0.352 e. The summed E-state index contributed by atoms with van der Waals surface area (Å²) >= 11 is 0. The lowest BCUT2D eigenvalue weighted by molar-refractivity contribution is -0.219. The molecule has 0 aromatic carbocycles. The molecule has 4 heteroatoms. The number of unbranched alkanes of at least 4 members (excludes halogenated alkanes) is 2. The van der Waals surface area contributed by atoms with Gasteiger partial charge in [-0.2, -0.15) is 0 Å². The van der Waals surface area contributed by atoms with Gasteiger partial charge in [0.2, 0.25) is 0 Å². The van der Waals surface area contributed by atoms with E-state index in [2.05, 4.69) is 26.0 Å². The molecular formula is C20H36O4. The van der Waals surface area contributed by atoms with Crippen LogP contribution in [0.5, 0.6) is 0 Å². The summed E-state index contributed by atoms with van der Waals surface area (Å²) in [6, 6.07) is 0. The zero-order valence-corrected chi connectivity index (χ0v) is 15.6. The first-order valence-electron chi connectivity index (χ1n) is 9.89. The Morgan fingerprint density at radius 3 is 1.92 bits per heavy atom. The van der Waals surface area contributed by atoms with Crippen LogP contribution in [0.1, 0.15) is 65.2 Å². The number of rotatable bonds is 10. The number of allylic oxidation sites excluding steroid dienone is 2. The van der Waals surface area contributed by atoms with Crippen molar-refractivity contribution in [2.45, 2.75) is 77.8 Å². The van der Waals surface area contributed by atoms with E-state index in [4.69, 9.17) is 18.9 Å². The first kappa shape index (κ1) is 19.9. The summed E-state index contributed by atoms with van der Waals surface area (Å²) in [5.74, 6) is 1.02. The van der Waals surface area contributed by atoms with Crippen LogP contribution in [-0.4, -0.2) is 39.0 Å². The summed E-state index contributed by atoms with van der Waals surface area (Å²) < 4.78 is 23.4. The zero-order valence-electron chi connectivity index (χ0n) is 15.6. The van der Waals surface area contributed by atoms with Crippen LogP contribution < -0.4 is 0 Å². The summed E-state index contributed by atoms with van der Waals surface area (Å²) in [4.78, 5) is 0.